The monoisotopic (exact) mass is 262 g/mol. The fourth-order valence-corrected chi connectivity index (χ4v) is 1.70. The van der Waals surface area contributed by atoms with Gasteiger partial charge in [-0.05, 0) is 19.1 Å². The molecule has 2 aromatic rings. The normalized spacial score (nSPS) is 10.2. The summed E-state index contributed by atoms with van der Waals surface area (Å²) in [6, 6.07) is 4.92. The fraction of sp³-hybridized carbons (Fsp3) is 0.250. The fourth-order valence-electron chi connectivity index (χ4n) is 1.70. The van der Waals surface area contributed by atoms with Gasteiger partial charge in [-0.1, -0.05) is 6.07 Å². The average Bonchev–Trinajstić information content (AvgIpc) is 2.75. The summed E-state index contributed by atoms with van der Waals surface area (Å²) in [6.07, 6.45) is 3.15. The number of aryl methyl sites for hydroxylation is 1. The first-order valence-electron chi connectivity index (χ1n) is 5.79. The van der Waals surface area contributed by atoms with Crippen LogP contribution in [0.3, 0.4) is 0 Å². The first-order chi connectivity index (χ1) is 9.11. The third kappa shape index (κ3) is 2.82. The summed E-state index contributed by atoms with van der Waals surface area (Å²) >= 11 is 0. The molecule has 0 aliphatic carbocycles. The maximum Gasteiger partial charge on any atom is 0.334 e. The molecular weight excluding hydrogens is 248 g/mol. The number of hydrogen-bond donors (Lipinski definition) is 1. The zero-order chi connectivity index (χ0) is 13.8. The number of benzene rings is 1. The van der Waals surface area contributed by atoms with Gasteiger partial charge in [-0.25, -0.2) is 0 Å². The van der Waals surface area contributed by atoms with Crippen LogP contribution in [0.5, 0.6) is 11.5 Å². The summed E-state index contributed by atoms with van der Waals surface area (Å²) in [6.45, 7) is 2.47. The van der Waals surface area contributed by atoms with Gasteiger partial charge in [0.1, 0.15) is 5.69 Å². The standard InChI is InChI=1S/C12H14N4O3/c1-3-13-10-5-4-6-11(12(10)16(17)18)19-9-7-14-15(2)8-9/h4-8,13H,3H2,1-2H3. The zero-order valence-electron chi connectivity index (χ0n) is 10.7. The number of para-hydroxylation sites is 1. The molecule has 0 saturated heterocycles. The lowest BCUT2D eigenvalue weighted by atomic mass is 10.2. The minimum Gasteiger partial charge on any atom is -0.447 e. The molecule has 7 heteroatoms. The number of nitrogens with zero attached hydrogens (tertiary/aromatic N) is 3. The number of hydrogen-bond acceptors (Lipinski definition) is 5. The zero-order valence-corrected chi connectivity index (χ0v) is 10.7. The van der Waals surface area contributed by atoms with Gasteiger partial charge in [0.25, 0.3) is 0 Å². The van der Waals surface area contributed by atoms with Crippen molar-refractivity contribution in [2.45, 2.75) is 6.92 Å². The molecule has 0 aliphatic rings. The van der Waals surface area contributed by atoms with E-state index in [2.05, 4.69) is 10.4 Å². The molecule has 0 aliphatic heterocycles. The molecule has 100 valence electrons. The van der Waals surface area contributed by atoms with Gasteiger partial charge in [0, 0.05) is 13.6 Å². The highest BCUT2D eigenvalue weighted by Crippen LogP contribution is 2.37. The van der Waals surface area contributed by atoms with Crippen LogP contribution in [0.15, 0.2) is 30.6 Å². The summed E-state index contributed by atoms with van der Waals surface area (Å²) in [5.41, 5.74) is 0.363. The molecule has 0 radical (unpaired) electrons. The van der Waals surface area contributed by atoms with Crippen LogP contribution in [0.2, 0.25) is 0 Å². The minimum atomic E-state index is -0.455. The van der Waals surface area contributed by atoms with Gasteiger partial charge in [0.2, 0.25) is 5.75 Å². The SMILES string of the molecule is CCNc1cccc(Oc2cnn(C)c2)c1[N+](=O)[O-]. The van der Waals surface area contributed by atoms with E-state index in [1.165, 1.54) is 6.20 Å². The lowest BCUT2D eigenvalue weighted by molar-refractivity contribution is -0.384. The van der Waals surface area contributed by atoms with E-state index in [1.807, 2.05) is 6.92 Å². The molecule has 0 unspecified atom stereocenters. The van der Waals surface area contributed by atoms with Crippen LogP contribution in [0, 0.1) is 10.1 Å². The predicted molar refractivity (Wildman–Crippen MR) is 70.5 cm³/mol. The first-order valence-corrected chi connectivity index (χ1v) is 5.79. The molecule has 0 saturated carbocycles. The van der Waals surface area contributed by atoms with Crippen LogP contribution in [-0.4, -0.2) is 21.2 Å². The molecular formula is C12H14N4O3. The Labute approximate surface area is 110 Å². The van der Waals surface area contributed by atoms with Crippen molar-refractivity contribution >= 4 is 11.4 Å². The smallest absolute Gasteiger partial charge is 0.334 e. The average molecular weight is 262 g/mol. The van der Waals surface area contributed by atoms with Gasteiger partial charge in [0.15, 0.2) is 5.75 Å². The molecule has 0 atom stereocenters. The van der Waals surface area contributed by atoms with Crippen LogP contribution in [0.4, 0.5) is 11.4 Å². The van der Waals surface area contributed by atoms with E-state index in [-0.39, 0.29) is 11.4 Å². The van der Waals surface area contributed by atoms with E-state index >= 15 is 0 Å². The van der Waals surface area contributed by atoms with E-state index in [9.17, 15) is 10.1 Å². The first kappa shape index (κ1) is 12.9. The molecule has 1 aromatic carbocycles. The Kier molecular flexibility index (Phi) is 3.65. The van der Waals surface area contributed by atoms with Crippen molar-refractivity contribution < 1.29 is 9.66 Å². The third-order valence-electron chi connectivity index (χ3n) is 2.46. The van der Waals surface area contributed by atoms with E-state index in [0.29, 0.717) is 18.0 Å². The molecule has 0 spiro atoms. The van der Waals surface area contributed by atoms with Crippen LogP contribution in [0.25, 0.3) is 0 Å². The van der Waals surface area contributed by atoms with Crippen molar-refractivity contribution in [3.05, 3.63) is 40.7 Å². The highest BCUT2D eigenvalue weighted by molar-refractivity contribution is 5.68. The molecule has 1 heterocycles. The number of nitrogens with one attached hydrogen (secondary N) is 1. The van der Waals surface area contributed by atoms with Gasteiger partial charge in [-0.3, -0.25) is 14.8 Å². The second-order valence-electron chi connectivity index (χ2n) is 3.89. The van der Waals surface area contributed by atoms with E-state index in [4.69, 9.17) is 4.74 Å². The van der Waals surface area contributed by atoms with E-state index < -0.39 is 4.92 Å². The predicted octanol–water partition coefficient (Wildman–Crippen LogP) is 2.55. The number of anilines is 1. The number of ether oxygens (including phenoxy) is 1. The minimum absolute atomic E-state index is 0.0757. The Morgan fingerprint density at radius 1 is 1.53 bits per heavy atom. The highest BCUT2D eigenvalue weighted by atomic mass is 16.6. The summed E-state index contributed by atoms with van der Waals surface area (Å²) < 4.78 is 7.08. The topological polar surface area (TPSA) is 82.2 Å². The molecule has 1 aromatic heterocycles. The molecule has 1 N–H and O–H groups in total. The van der Waals surface area contributed by atoms with Gasteiger partial charge in [0.05, 0.1) is 17.3 Å². The van der Waals surface area contributed by atoms with Crippen molar-refractivity contribution in [2.24, 2.45) is 7.05 Å². The van der Waals surface area contributed by atoms with Crippen molar-refractivity contribution in [1.29, 1.82) is 0 Å². The summed E-state index contributed by atoms with van der Waals surface area (Å²) in [4.78, 5) is 10.7. The number of nitro groups is 1. The summed E-state index contributed by atoms with van der Waals surface area (Å²) in [5.74, 6) is 0.649. The Bertz CT molecular complexity index is 594. The Hall–Kier alpha value is -2.57. The van der Waals surface area contributed by atoms with E-state index in [1.54, 1.807) is 36.1 Å². The van der Waals surface area contributed by atoms with Gasteiger partial charge in [-0.15, -0.1) is 0 Å². The lowest BCUT2D eigenvalue weighted by Crippen LogP contribution is -2.02. The summed E-state index contributed by atoms with van der Waals surface area (Å²) in [7, 11) is 1.75. The second kappa shape index (κ2) is 5.38. The molecule has 0 amide bonds. The molecule has 0 fully saturated rings. The number of rotatable bonds is 5. The molecule has 19 heavy (non-hydrogen) atoms. The number of nitro benzene ring substituents is 1. The maximum atomic E-state index is 11.2. The van der Waals surface area contributed by atoms with Gasteiger partial charge < -0.3 is 10.1 Å². The van der Waals surface area contributed by atoms with Crippen LogP contribution in [-0.2, 0) is 7.05 Å². The van der Waals surface area contributed by atoms with Gasteiger partial charge in [-0.2, -0.15) is 5.10 Å². The van der Waals surface area contributed by atoms with Crippen molar-refractivity contribution in [1.82, 2.24) is 9.78 Å². The Morgan fingerprint density at radius 3 is 2.89 bits per heavy atom. The third-order valence-corrected chi connectivity index (χ3v) is 2.46. The van der Waals surface area contributed by atoms with Crippen molar-refractivity contribution in [2.75, 3.05) is 11.9 Å². The van der Waals surface area contributed by atoms with Gasteiger partial charge >= 0.3 is 5.69 Å². The van der Waals surface area contributed by atoms with Crippen LogP contribution in [0.1, 0.15) is 6.92 Å². The van der Waals surface area contributed by atoms with E-state index in [0.717, 1.165) is 0 Å². The van der Waals surface area contributed by atoms with Crippen LogP contribution >= 0.6 is 0 Å². The Morgan fingerprint density at radius 2 is 2.32 bits per heavy atom. The Balaban J connectivity index is 2.38. The van der Waals surface area contributed by atoms with Crippen molar-refractivity contribution in [3.8, 4) is 11.5 Å². The molecule has 0 bridgehead atoms. The lowest BCUT2D eigenvalue weighted by Gasteiger charge is -2.08. The summed E-state index contributed by atoms with van der Waals surface area (Å²) in [5, 5.41) is 18.1. The molecule has 2 rings (SSSR count). The van der Waals surface area contributed by atoms with Crippen LogP contribution < -0.4 is 10.1 Å². The number of aromatic nitrogens is 2. The molecule has 7 nitrogen and oxygen atoms in total. The van der Waals surface area contributed by atoms with Crippen molar-refractivity contribution in [3.63, 3.8) is 0 Å². The quantitative estimate of drug-likeness (QED) is 0.661. The largest absolute Gasteiger partial charge is 0.447 e. The highest BCUT2D eigenvalue weighted by Gasteiger charge is 2.21. The maximum absolute atomic E-state index is 11.2. The second-order valence-corrected chi connectivity index (χ2v) is 3.89.